The Kier molecular flexibility index (Phi) is 3.85. The molecule has 0 bridgehead atoms. The highest BCUT2D eigenvalue weighted by Crippen LogP contribution is 2.43. The van der Waals surface area contributed by atoms with E-state index in [0.717, 1.165) is 6.54 Å². The molecular weight excluding hydrogens is 236 g/mol. The maximum atomic E-state index is 6.32. The van der Waals surface area contributed by atoms with Gasteiger partial charge in [-0.25, -0.2) is 0 Å². The van der Waals surface area contributed by atoms with E-state index < -0.39 is 0 Å². The van der Waals surface area contributed by atoms with E-state index in [4.69, 9.17) is 4.74 Å². The second-order valence-corrected chi connectivity index (χ2v) is 6.08. The Labute approximate surface area is 115 Å². The molecule has 2 atom stereocenters. The third kappa shape index (κ3) is 2.98. The molecular formula is C16H24N2O. The van der Waals surface area contributed by atoms with E-state index in [9.17, 15) is 0 Å². The lowest BCUT2D eigenvalue weighted by atomic mass is 9.98. The summed E-state index contributed by atoms with van der Waals surface area (Å²) in [7, 11) is 0. The zero-order valence-electron chi connectivity index (χ0n) is 11.8. The van der Waals surface area contributed by atoms with Crippen molar-refractivity contribution < 1.29 is 4.74 Å². The molecule has 0 aromatic carbocycles. The molecule has 3 rings (SSSR count). The second-order valence-electron chi connectivity index (χ2n) is 6.08. The molecule has 3 heteroatoms. The molecule has 0 amide bonds. The summed E-state index contributed by atoms with van der Waals surface area (Å²) in [6.07, 6.45) is 11.9. The Morgan fingerprint density at radius 3 is 2.79 bits per heavy atom. The highest BCUT2D eigenvalue weighted by Gasteiger charge is 2.41. The molecule has 2 heterocycles. The minimum absolute atomic E-state index is 0.256. The third-order valence-corrected chi connectivity index (χ3v) is 4.71. The molecule has 19 heavy (non-hydrogen) atoms. The minimum atomic E-state index is 0.256. The lowest BCUT2D eigenvalue weighted by Gasteiger charge is -2.24. The quantitative estimate of drug-likeness (QED) is 0.902. The highest BCUT2D eigenvalue weighted by atomic mass is 16.5. The van der Waals surface area contributed by atoms with Gasteiger partial charge < -0.3 is 10.1 Å². The van der Waals surface area contributed by atoms with Crippen molar-refractivity contribution in [1.82, 2.24) is 10.3 Å². The van der Waals surface area contributed by atoms with Gasteiger partial charge >= 0.3 is 0 Å². The van der Waals surface area contributed by atoms with Gasteiger partial charge in [0.05, 0.1) is 11.7 Å². The third-order valence-electron chi connectivity index (χ3n) is 4.71. The van der Waals surface area contributed by atoms with Gasteiger partial charge in [0.1, 0.15) is 0 Å². The van der Waals surface area contributed by atoms with Crippen molar-refractivity contribution in [3.05, 3.63) is 30.1 Å². The Morgan fingerprint density at radius 1 is 1.32 bits per heavy atom. The zero-order chi connectivity index (χ0) is 13.1. The number of ether oxygens (including phenoxy) is 1. The van der Waals surface area contributed by atoms with Gasteiger partial charge in [0, 0.05) is 25.0 Å². The van der Waals surface area contributed by atoms with Crippen molar-refractivity contribution in [3.8, 4) is 0 Å². The molecule has 1 aliphatic carbocycles. The van der Waals surface area contributed by atoms with Gasteiger partial charge in [-0.1, -0.05) is 12.8 Å². The summed E-state index contributed by atoms with van der Waals surface area (Å²) in [5.41, 5.74) is 1.55. The van der Waals surface area contributed by atoms with Crippen LogP contribution in [-0.4, -0.2) is 23.2 Å². The lowest BCUT2D eigenvalue weighted by molar-refractivity contribution is -0.0357. The van der Waals surface area contributed by atoms with Gasteiger partial charge in [0.2, 0.25) is 0 Å². The number of aromatic nitrogens is 1. The Bertz CT molecular complexity index is 400. The molecule has 2 aliphatic rings. The number of rotatable bonds is 4. The smallest absolute Gasteiger partial charge is 0.0708 e. The standard InChI is InChI=1S/C16H24N2O/c1-13(14-5-10-17-11-6-14)18-12-15-4-9-16(19-15)7-2-3-8-16/h5-6,10-11,13,15,18H,2-4,7-9,12H2,1H3/t13-,15?/m0/s1. The molecule has 1 aromatic rings. The normalized spacial score (nSPS) is 26.9. The maximum absolute atomic E-state index is 6.32. The van der Waals surface area contributed by atoms with Crippen LogP contribution in [0.25, 0.3) is 0 Å². The van der Waals surface area contributed by atoms with Crippen LogP contribution in [0.1, 0.15) is 57.1 Å². The molecule has 1 saturated heterocycles. The van der Waals surface area contributed by atoms with Crippen molar-refractivity contribution in [1.29, 1.82) is 0 Å². The number of nitrogens with one attached hydrogen (secondary N) is 1. The Morgan fingerprint density at radius 2 is 2.05 bits per heavy atom. The molecule has 1 spiro atoms. The first-order chi connectivity index (χ1) is 9.27. The summed E-state index contributed by atoms with van der Waals surface area (Å²) in [6.45, 7) is 3.17. The van der Waals surface area contributed by atoms with E-state index in [1.54, 1.807) is 0 Å². The predicted octanol–water partition coefficient (Wildman–Crippen LogP) is 3.22. The number of nitrogens with zero attached hydrogens (tertiary/aromatic N) is 1. The first-order valence-electron chi connectivity index (χ1n) is 7.59. The molecule has 2 fully saturated rings. The van der Waals surface area contributed by atoms with E-state index in [2.05, 4.69) is 29.4 Å². The van der Waals surface area contributed by atoms with Gasteiger partial charge in [-0.05, 0) is 50.3 Å². The van der Waals surface area contributed by atoms with Gasteiger partial charge in [0.25, 0.3) is 0 Å². The van der Waals surface area contributed by atoms with E-state index in [1.165, 1.54) is 44.1 Å². The summed E-state index contributed by atoms with van der Waals surface area (Å²) in [4.78, 5) is 4.06. The van der Waals surface area contributed by atoms with E-state index >= 15 is 0 Å². The maximum Gasteiger partial charge on any atom is 0.0708 e. The Balaban J connectivity index is 1.48. The molecule has 1 saturated carbocycles. The topological polar surface area (TPSA) is 34.1 Å². The largest absolute Gasteiger partial charge is 0.370 e. The lowest BCUT2D eigenvalue weighted by Crippen LogP contribution is -2.32. The van der Waals surface area contributed by atoms with Gasteiger partial charge in [-0.2, -0.15) is 0 Å². The van der Waals surface area contributed by atoms with Crippen LogP contribution in [0, 0.1) is 0 Å². The van der Waals surface area contributed by atoms with Gasteiger partial charge in [-0.3, -0.25) is 4.98 Å². The summed E-state index contributed by atoms with van der Waals surface area (Å²) in [5.74, 6) is 0. The summed E-state index contributed by atoms with van der Waals surface area (Å²) >= 11 is 0. The van der Waals surface area contributed by atoms with Crippen molar-refractivity contribution in [3.63, 3.8) is 0 Å². The number of hydrogen-bond acceptors (Lipinski definition) is 3. The number of hydrogen-bond donors (Lipinski definition) is 1. The predicted molar refractivity (Wildman–Crippen MR) is 76.0 cm³/mol. The molecule has 1 aliphatic heterocycles. The van der Waals surface area contributed by atoms with Crippen LogP contribution in [0.3, 0.4) is 0 Å². The fourth-order valence-electron chi connectivity index (χ4n) is 3.50. The number of pyridine rings is 1. The van der Waals surface area contributed by atoms with E-state index in [1.807, 2.05) is 12.4 Å². The first kappa shape index (κ1) is 13.1. The molecule has 1 unspecified atom stereocenters. The Hall–Kier alpha value is -0.930. The van der Waals surface area contributed by atoms with Crippen molar-refractivity contribution in [2.24, 2.45) is 0 Å². The van der Waals surface area contributed by atoms with Gasteiger partial charge in [0.15, 0.2) is 0 Å². The first-order valence-corrected chi connectivity index (χ1v) is 7.59. The SMILES string of the molecule is C[C@H](NCC1CCC2(CCCC2)O1)c1ccncc1. The van der Waals surface area contributed by atoms with Crippen LogP contribution in [-0.2, 0) is 4.74 Å². The van der Waals surface area contributed by atoms with Crippen LogP contribution in [0.2, 0.25) is 0 Å². The van der Waals surface area contributed by atoms with Crippen molar-refractivity contribution in [2.45, 2.75) is 63.2 Å². The summed E-state index contributed by atoms with van der Waals surface area (Å²) in [6, 6.07) is 4.52. The molecule has 3 nitrogen and oxygen atoms in total. The highest BCUT2D eigenvalue weighted by molar-refractivity contribution is 5.13. The van der Waals surface area contributed by atoms with E-state index in [-0.39, 0.29) is 5.60 Å². The molecule has 0 radical (unpaired) electrons. The average molecular weight is 260 g/mol. The van der Waals surface area contributed by atoms with Crippen LogP contribution < -0.4 is 5.32 Å². The van der Waals surface area contributed by atoms with Crippen LogP contribution in [0.5, 0.6) is 0 Å². The van der Waals surface area contributed by atoms with Crippen molar-refractivity contribution >= 4 is 0 Å². The fraction of sp³-hybridized carbons (Fsp3) is 0.688. The monoisotopic (exact) mass is 260 g/mol. The van der Waals surface area contributed by atoms with Gasteiger partial charge in [-0.15, -0.1) is 0 Å². The molecule has 1 N–H and O–H groups in total. The molecule has 1 aromatic heterocycles. The second kappa shape index (κ2) is 5.59. The summed E-state index contributed by atoms with van der Waals surface area (Å²) < 4.78 is 6.32. The zero-order valence-corrected chi connectivity index (χ0v) is 11.8. The summed E-state index contributed by atoms with van der Waals surface area (Å²) in [5, 5.41) is 3.59. The van der Waals surface area contributed by atoms with Crippen molar-refractivity contribution in [2.75, 3.05) is 6.54 Å². The fourth-order valence-corrected chi connectivity index (χ4v) is 3.50. The van der Waals surface area contributed by atoms with Crippen LogP contribution in [0.15, 0.2) is 24.5 Å². The van der Waals surface area contributed by atoms with E-state index in [0.29, 0.717) is 12.1 Å². The average Bonchev–Trinajstić information content (AvgIpc) is 3.08. The minimum Gasteiger partial charge on any atom is -0.370 e. The van der Waals surface area contributed by atoms with Crippen LogP contribution >= 0.6 is 0 Å². The van der Waals surface area contributed by atoms with Crippen LogP contribution in [0.4, 0.5) is 0 Å². The molecule has 104 valence electrons.